The number of hydrogen-bond donors (Lipinski definition) is 2. The maximum atomic E-state index is 5.85. The number of aromatic nitrogens is 2. The molecule has 0 aliphatic carbocycles. The van der Waals surface area contributed by atoms with E-state index in [1.807, 2.05) is 0 Å². The molecule has 0 saturated carbocycles. The summed E-state index contributed by atoms with van der Waals surface area (Å²) in [5.74, 6) is 1.17. The molecule has 0 atom stereocenters. The summed E-state index contributed by atoms with van der Waals surface area (Å²) in [5, 5.41) is 3.37. The Balaban J connectivity index is 2.82. The van der Waals surface area contributed by atoms with E-state index in [0.29, 0.717) is 18.2 Å². The van der Waals surface area contributed by atoms with E-state index in [1.165, 1.54) is 0 Å². The highest BCUT2D eigenvalue weighted by Gasteiger charge is 2.12. The number of nitrogen functional groups attached to an aromatic ring is 1. The Labute approximate surface area is 97.7 Å². The molecular weight excluding hydrogens is 200 g/mol. The largest absolute Gasteiger partial charge is 0.396 e. The van der Waals surface area contributed by atoms with Gasteiger partial charge in [-0.1, -0.05) is 13.8 Å². The summed E-state index contributed by atoms with van der Waals surface area (Å²) in [4.78, 5) is 8.70. The zero-order valence-corrected chi connectivity index (χ0v) is 10.8. The normalized spacial score (nSPS) is 12.1. The van der Waals surface area contributed by atoms with Crippen LogP contribution < -0.4 is 11.1 Å². The Morgan fingerprint density at radius 3 is 2.50 bits per heavy atom. The van der Waals surface area contributed by atoms with Crippen LogP contribution in [0.25, 0.3) is 0 Å². The highest BCUT2D eigenvalue weighted by atomic mass is 15.0. The SMILES string of the molecule is CC(C)c1ncc(N)c(CNC(C)(C)C)n1. The molecule has 0 saturated heterocycles. The predicted molar refractivity (Wildman–Crippen MR) is 67.1 cm³/mol. The lowest BCUT2D eigenvalue weighted by atomic mass is 10.1. The van der Waals surface area contributed by atoms with Crippen LogP contribution >= 0.6 is 0 Å². The maximum absolute atomic E-state index is 5.85. The van der Waals surface area contributed by atoms with Gasteiger partial charge < -0.3 is 11.1 Å². The van der Waals surface area contributed by atoms with Crippen molar-refractivity contribution in [3.8, 4) is 0 Å². The van der Waals surface area contributed by atoms with Gasteiger partial charge in [-0.05, 0) is 20.8 Å². The summed E-state index contributed by atoms with van der Waals surface area (Å²) in [7, 11) is 0. The predicted octanol–water partition coefficient (Wildman–Crippen LogP) is 2.07. The van der Waals surface area contributed by atoms with E-state index < -0.39 is 0 Å². The minimum atomic E-state index is 0.0649. The first-order valence-corrected chi connectivity index (χ1v) is 5.66. The summed E-state index contributed by atoms with van der Waals surface area (Å²) >= 11 is 0. The minimum Gasteiger partial charge on any atom is -0.396 e. The van der Waals surface area contributed by atoms with Gasteiger partial charge in [0.15, 0.2) is 0 Å². The Bertz CT molecular complexity index is 353. The first kappa shape index (κ1) is 12.9. The Kier molecular flexibility index (Phi) is 3.86. The molecule has 0 amide bonds. The van der Waals surface area contributed by atoms with Crippen molar-refractivity contribution < 1.29 is 0 Å². The van der Waals surface area contributed by atoms with E-state index in [4.69, 9.17) is 5.73 Å². The third-order valence-corrected chi connectivity index (χ3v) is 2.22. The number of nitrogens with zero attached hydrogens (tertiary/aromatic N) is 2. The lowest BCUT2D eigenvalue weighted by molar-refractivity contribution is 0.421. The summed E-state index contributed by atoms with van der Waals surface area (Å²) < 4.78 is 0. The molecule has 0 aliphatic rings. The molecular formula is C12H22N4. The van der Waals surface area contributed by atoms with E-state index in [-0.39, 0.29) is 5.54 Å². The van der Waals surface area contributed by atoms with Crippen molar-refractivity contribution in [3.05, 3.63) is 17.7 Å². The topological polar surface area (TPSA) is 63.8 Å². The van der Waals surface area contributed by atoms with Crippen LogP contribution in [-0.2, 0) is 6.54 Å². The van der Waals surface area contributed by atoms with Crippen LogP contribution in [0, 0.1) is 0 Å². The van der Waals surface area contributed by atoms with Crippen LogP contribution in [0.1, 0.15) is 52.1 Å². The summed E-state index contributed by atoms with van der Waals surface area (Å²) in [6, 6.07) is 0. The van der Waals surface area contributed by atoms with Gasteiger partial charge in [-0.3, -0.25) is 0 Å². The molecule has 0 spiro atoms. The van der Waals surface area contributed by atoms with Gasteiger partial charge in [-0.15, -0.1) is 0 Å². The van der Waals surface area contributed by atoms with Gasteiger partial charge in [0.1, 0.15) is 5.82 Å². The molecule has 1 aromatic rings. The fraction of sp³-hybridized carbons (Fsp3) is 0.667. The number of nitrogens with two attached hydrogens (primary N) is 1. The third kappa shape index (κ3) is 3.77. The molecule has 0 aromatic carbocycles. The Morgan fingerprint density at radius 1 is 1.38 bits per heavy atom. The number of hydrogen-bond acceptors (Lipinski definition) is 4. The van der Waals surface area contributed by atoms with Gasteiger partial charge in [0.2, 0.25) is 0 Å². The van der Waals surface area contributed by atoms with Gasteiger partial charge in [-0.2, -0.15) is 0 Å². The lowest BCUT2D eigenvalue weighted by Gasteiger charge is -2.21. The highest BCUT2D eigenvalue weighted by Crippen LogP contribution is 2.14. The van der Waals surface area contributed by atoms with Crippen LogP contribution in [0.4, 0.5) is 5.69 Å². The first-order chi connectivity index (χ1) is 7.29. The smallest absolute Gasteiger partial charge is 0.131 e. The van der Waals surface area contributed by atoms with Crippen LogP contribution in [0.3, 0.4) is 0 Å². The van der Waals surface area contributed by atoms with E-state index in [9.17, 15) is 0 Å². The van der Waals surface area contributed by atoms with E-state index in [1.54, 1.807) is 6.20 Å². The van der Waals surface area contributed by atoms with Crippen LogP contribution in [-0.4, -0.2) is 15.5 Å². The van der Waals surface area contributed by atoms with Gasteiger partial charge in [0.05, 0.1) is 17.6 Å². The quantitative estimate of drug-likeness (QED) is 0.821. The molecule has 1 heterocycles. The second kappa shape index (κ2) is 4.78. The molecule has 4 heteroatoms. The molecule has 4 nitrogen and oxygen atoms in total. The molecule has 0 fully saturated rings. The van der Waals surface area contributed by atoms with E-state index >= 15 is 0 Å². The zero-order valence-electron chi connectivity index (χ0n) is 10.8. The standard InChI is InChI=1S/C12H22N4/c1-8(2)11-14-6-9(13)10(16-11)7-15-12(3,4)5/h6,8,15H,7,13H2,1-5H3. The Hall–Kier alpha value is -1.16. The molecule has 16 heavy (non-hydrogen) atoms. The number of nitrogens with one attached hydrogen (secondary N) is 1. The average Bonchev–Trinajstić information content (AvgIpc) is 2.14. The number of rotatable bonds is 3. The van der Waals surface area contributed by atoms with Crippen LogP contribution in [0.15, 0.2) is 6.20 Å². The summed E-state index contributed by atoms with van der Waals surface area (Å²) in [6.45, 7) is 11.2. The van der Waals surface area contributed by atoms with Crippen molar-refractivity contribution >= 4 is 5.69 Å². The fourth-order valence-corrected chi connectivity index (χ4v) is 1.21. The maximum Gasteiger partial charge on any atom is 0.131 e. The molecule has 0 unspecified atom stereocenters. The van der Waals surface area contributed by atoms with Crippen LogP contribution in [0.5, 0.6) is 0 Å². The minimum absolute atomic E-state index is 0.0649. The van der Waals surface area contributed by atoms with Gasteiger partial charge >= 0.3 is 0 Å². The average molecular weight is 222 g/mol. The summed E-state index contributed by atoms with van der Waals surface area (Å²) in [6.07, 6.45) is 1.70. The second-order valence-corrected chi connectivity index (χ2v) is 5.39. The highest BCUT2D eigenvalue weighted by molar-refractivity contribution is 5.40. The molecule has 90 valence electrons. The molecule has 1 aromatic heterocycles. The molecule has 0 radical (unpaired) electrons. The molecule has 3 N–H and O–H groups in total. The van der Waals surface area contributed by atoms with E-state index in [0.717, 1.165) is 11.5 Å². The lowest BCUT2D eigenvalue weighted by Crippen LogP contribution is -2.35. The van der Waals surface area contributed by atoms with Crippen molar-refractivity contribution in [2.45, 2.75) is 52.6 Å². The van der Waals surface area contributed by atoms with Crippen molar-refractivity contribution in [1.82, 2.24) is 15.3 Å². The first-order valence-electron chi connectivity index (χ1n) is 5.66. The van der Waals surface area contributed by atoms with Gasteiger partial charge in [-0.25, -0.2) is 9.97 Å². The fourth-order valence-electron chi connectivity index (χ4n) is 1.21. The van der Waals surface area contributed by atoms with Crippen molar-refractivity contribution in [3.63, 3.8) is 0 Å². The van der Waals surface area contributed by atoms with Crippen LogP contribution in [0.2, 0.25) is 0 Å². The zero-order chi connectivity index (χ0) is 12.3. The Morgan fingerprint density at radius 2 is 2.00 bits per heavy atom. The number of anilines is 1. The van der Waals surface area contributed by atoms with Gasteiger partial charge in [0, 0.05) is 18.0 Å². The monoisotopic (exact) mass is 222 g/mol. The molecule has 0 aliphatic heterocycles. The second-order valence-electron chi connectivity index (χ2n) is 5.39. The molecule has 1 rings (SSSR count). The molecule has 0 bridgehead atoms. The third-order valence-electron chi connectivity index (χ3n) is 2.22. The van der Waals surface area contributed by atoms with Crippen molar-refractivity contribution in [2.75, 3.05) is 5.73 Å². The van der Waals surface area contributed by atoms with Gasteiger partial charge in [0.25, 0.3) is 0 Å². The summed E-state index contributed by atoms with van der Waals surface area (Å²) in [5.41, 5.74) is 7.46. The van der Waals surface area contributed by atoms with Crippen molar-refractivity contribution in [2.24, 2.45) is 0 Å². The van der Waals surface area contributed by atoms with E-state index in [2.05, 4.69) is 49.9 Å². The van der Waals surface area contributed by atoms with Crippen molar-refractivity contribution in [1.29, 1.82) is 0 Å².